The van der Waals surface area contributed by atoms with Gasteiger partial charge in [-0.2, -0.15) is 13.2 Å². The number of nitrogens with one attached hydrogen (secondary N) is 3. The summed E-state index contributed by atoms with van der Waals surface area (Å²) in [5.41, 5.74) is -0.856. The number of hydrogen-bond acceptors (Lipinski definition) is 3. The van der Waals surface area contributed by atoms with Crippen LogP contribution in [0.3, 0.4) is 0 Å². The number of amides is 2. The largest absolute Gasteiger partial charge is 0.493 e. The van der Waals surface area contributed by atoms with Crippen LogP contribution in [0.25, 0.3) is 0 Å². The molecule has 1 heterocycles. The van der Waals surface area contributed by atoms with Crippen molar-refractivity contribution in [3.63, 3.8) is 0 Å². The Labute approximate surface area is 164 Å². The minimum absolute atomic E-state index is 0.0290. The lowest BCUT2D eigenvalue weighted by Crippen LogP contribution is -2.43. The summed E-state index contributed by atoms with van der Waals surface area (Å²) in [5.74, 6) is 0.300. The van der Waals surface area contributed by atoms with E-state index in [1.54, 1.807) is 0 Å². The van der Waals surface area contributed by atoms with E-state index in [0.29, 0.717) is 5.76 Å². The first-order valence-electron chi connectivity index (χ1n) is 9.90. The van der Waals surface area contributed by atoms with E-state index in [4.69, 9.17) is 4.74 Å². The minimum atomic E-state index is -4.48. The Morgan fingerprint density at radius 3 is 2.39 bits per heavy atom. The van der Waals surface area contributed by atoms with Crippen molar-refractivity contribution in [2.75, 3.05) is 19.6 Å². The predicted molar refractivity (Wildman–Crippen MR) is 103 cm³/mol. The van der Waals surface area contributed by atoms with Crippen LogP contribution in [0, 0.1) is 0 Å². The molecule has 0 radical (unpaired) electrons. The Balaban J connectivity index is 1.98. The van der Waals surface area contributed by atoms with Gasteiger partial charge in [0.15, 0.2) is 0 Å². The van der Waals surface area contributed by atoms with Gasteiger partial charge in [-0.3, -0.25) is 0 Å². The molecule has 0 bridgehead atoms. The third kappa shape index (κ3) is 7.96. The highest BCUT2D eigenvalue weighted by atomic mass is 19.4. The summed E-state index contributed by atoms with van der Waals surface area (Å²) in [5, 5.41) is 8.84. The zero-order chi connectivity index (χ0) is 20.4. The fraction of sp³-hybridized carbons (Fsp3) is 0.650. The Bertz CT molecular complexity index is 576. The lowest BCUT2D eigenvalue weighted by Gasteiger charge is -2.26. The van der Waals surface area contributed by atoms with Crippen molar-refractivity contribution in [1.29, 1.82) is 0 Å². The summed E-state index contributed by atoms with van der Waals surface area (Å²) in [6.07, 6.45) is 5.24. The molecule has 2 fully saturated rings. The number of rotatable bonds is 7. The number of piperidine rings is 1. The van der Waals surface area contributed by atoms with Gasteiger partial charge < -0.3 is 20.7 Å². The van der Waals surface area contributed by atoms with Gasteiger partial charge in [-0.05, 0) is 50.9 Å². The molecule has 0 spiro atoms. The molecule has 28 heavy (non-hydrogen) atoms. The van der Waals surface area contributed by atoms with E-state index in [-0.39, 0.29) is 24.7 Å². The van der Waals surface area contributed by atoms with Gasteiger partial charge in [0.25, 0.3) is 0 Å². The Kier molecular flexibility index (Phi) is 8.89. The number of allylic oxidation sites excluding steroid dienone is 4. The van der Waals surface area contributed by atoms with Crippen LogP contribution < -0.4 is 16.0 Å². The van der Waals surface area contributed by atoms with E-state index in [0.717, 1.165) is 63.8 Å². The van der Waals surface area contributed by atoms with Gasteiger partial charge in [0.1, 0.15) is 11.9 Å². The molecule has 2 rings (SSSR count). The van der Waals surface area contributed by atoms with Gasteiger partial charge in [0.2, 0.25) is 0 Å². The molecule has 0 aromatic heterocycles. The maximum absolute atomic E-state index is 12.9. The average Bonchev–Trinajstić information content (AvgIpc) is 2.67. The van der Waals surface area contributed by atoms with Crippen molar-refractivity contribution in [2.24, 2.45) is 0 Å². The number of hydrogen-bond donors (Lipinski definition) is 3. The fourth-order valence-electron chi connectivity index (χ4n) is 3.38. The lowest BCUT2D eigenvalue weighted by molar-refractivity contribution is -0.0881. The van der Waals surface area contributed by atoms with Crippen molar-refractivity contribution in [3.8, 4) is 0 Å². The molecule has 5 nitrogen and oxygen atoms in total. The predicted octanol–water partition coefficient (Wildman–Crippen LogP) is 3.95. The zero-order valence-electron chi connectivity index (χ0n) is 16.1. The second-order valence-electron chi connectivity index (χ2n) is 7.19. The van der Waals surface area contributed by atoms with Crippen LogP contribution >= 0.6 is 0 Å². The smallest absolute Gasteiger partial charge is 0.416 e. The van der Waals surface area contributed by atoms with Crippen molar-refractivity contribution in [2.45, 2.75) is 63.3 Å². The molecule has 1 saturated carbocycles. The van der Waals surface area contributed by atoms with E-state index in [1.165, 1.54) is 12.5 Å². The highest BCUT2D eigenvalue weighted by molar-refractivity contribution is 5.74. The van der Waals surface area contributed by atoms with Gasteiger partial charge in [0.05, 0.1) is 12.1 Å². The molecule has 1 aliphatic heterocycles. The second-order valence-corrected chi connectivity index (χ2v) is 7.19. The van der Waals surface area contributed by atoms with Crippen LogP contribution in [-0.2, 0) is 4.74 Å². The van der Waals surface area contributed by atoms with Crippen LogP contribution in [0.15, 0.2) is 36.1 Å². The number of carbonyl (C=O) groups excluding carboxylic acids is 1. The molecule has 2 amide bonds. The first-order valence-corrected chi connectivity index (χ1v) is 9.90. The quantitative estimate of drug-likeness (QED) is 0.447. The maximum atomic E-state index is 12.9. The summed E-state index contributed by atoms with van der Waals surface area (Å²) in [7, 11) is 0. The van der Waals surface area contributed by atoms with Crippen molar-refractivity contribution < 1.29 is 22.7 Å². The van der Waals surface area contributed by atoms with Gasteiger partial charge in [-0.1, -0.05) is 31.9 Å². The van der Waals surface area contributed by atoms with Gasteiger partial charge in [0, 0.05) is 6.04 Å². The van der Waals surface area contributed by atoms with E-state index in [1.807, 2.05) is 0 Å². The van der Waals surface area contributed by atoms with Crippen LogP contribution in [-0.4, -0.2) is 44.0 Å². The Morgan fingerprint density at radius 1 is 1.11 bits per heavy atom. The first kappa shape index (κ1) is 22.3. The monoisotopic (exact) mass is 401 g/mol. The summed E-state index contributed by atoms with van der Waals surface area (Å²) in [4.78, 5) is 12.1. The third-order valence-electron chi connectivity index (χ3n) is 4.96. The van der Waals surface area contributed by atoms with Crippen LogP contribution in [0.4, 0.5) is 18.0 Å². The normalized spacial score (nSPS) is 20.5. The summed E-state index contributed by atoms with van der Waals surface area (Å²) in [6.45, 7) is 4.83. The maximum Gasteiger partial charge on any atom is 0.416 e. The summed E-state index contributed by atoms with van der Waals surface area (Å²) < 4.78 is 44.6. The highest BCUT2D eigenvalue weighted by Crippen LogP contribution is 2.26. The number of urea groups is 1. The number of halogens is 3. The third-order valence-corrected chi connectivity index (χ3v) is 4.96. The SMILES string of the molecule is C=C/C(=C\C=C(/CNC(=O)NC1CCCCC1)OC1CCNCC1)C(F)(F)F. The zero-order valence-corrected chi connectivity index (χ0v) is 16.1. The first-order chi connectivity index (χ1) is 13.4. The fourth-order valence-corrected chi connectivity index (χ4v) is 3.38. The second kappa shape index (κ2) is 11.1. The number of alkyl halides is 3. The molecule has 1 aliphatic carbocycles. The number of ether oxygens (including phenoxy) is 1. The molecule has 2 aliphatic rings. The van der Waals surface area contributed by atoms with E-state index >= 15 is 0 Å². The molecule has 0 atom stereocenters. The minimum Gasteiger partial charge on any atom is -0.493 e. The summed E-state index contributed by atoms with van der Waals surface area (Å²) >= 11 is 0. The average molecular weight is 401 g/mol. The molecule has 8 heteroatoms. The van der Waals surface area contributed by atoms with Crippen molar-refractivity contribution in [1.82, 2.24) is 16.0 Å². The molecule has 0 unspecified atom stereocenters. The molecule has 158 valence electrons. The Morgan fingerprint density at radius 2 is 1.79 bits per heavy atom. The molecular weight excluding hydrogens is 371 g/mol. The molecule has 3 N–H and O–H groups in total. The van der Waals surface area contributed by atoms with Crippen molar-refractivity contribution >= 4 is 6.03 Å². The van der Waals surface area contributed by atoms with Crippen molar-refractivity contribution in [3.05, 3.63) is 36.1 Å². The van der Waals surface area contributed by atoms with E-state index in [2.05, 4.69) is 22.5 Å². The Hall–Kier alpha value is -1.96. The molecule has 0 aromatic rings. The van der Waals surface area contributed by atoms with Crippen LogP contribution in [0.2, 0.25) is 0 Å². The standard InChI is InChI=1S/C20H30F3N3O2/c1-2-15(20(21,22)23)8-9-18(28-17-10-12-24-13-11-17)14-25-19(27)26-16-6-4-3-5-7-16/h2,8-9,16-17,24H,1,3-7,10-14H2,(H2,25,26,27)/b15-8+,18-9+. The topological polar surface area (TPSA) is 62.4 Å². The van der Waals surface area contributed by atoms with Gasteiger partial charge in [-0.25, -0.2) is 4.79 Å². The molecule has 0 aromatic carbocycles. The van der Waals surface area contributed by atoms with Gasteiger partial charge in [-0.15, -0.1) is 0 Å². The van der Waals surface area contributed by atoms with Gasteiger partial charge >= 0.3 is 12.2 Å². The number of carbonyl (C=O) groups is 1. The lowest BCUT2D eigenvalue weighted by atomic mass is 9.96. The van der Waals surface area contributed by atoms with Crippen LogP contribution in [0.1, 0.15) is 44.9 Å². The highest BCUT2D eigenvalue weighted by Gasteiger charge is 2.31. The van der Waals surface area contributed by atoms with E-state index < -0.39 is 11.7 Å². The molecule has 1 saturated heterocycles. The van der Waals surface area contributed by atoms with E-state index in [9.17, 15) is 18.0 Å². The van der Waals surface area contributed by atoms with Crippen LogP contribution in [0.5, 0.6) is 0 Å². The summed E-state index contributed by atoms with van der Waals surface area (Å²) in [6, 6.07) is -0.167. The molecular formula is C20H30F3N3O2.